The van der Waals surface area contributed by atoms with Crippen LogP contribution in [0, 0.1) is 18.3 Å². The summed E-state index contributed by atoms with van der Waals surface area (Å²) in [7, 11) is 0. The molecule has 0 spiro atoms. The Hall–Kier alpha value is -1.50. The summed E-state index contributed by atoms with van der Waals surface area (Å²) >= 11 is 9.30. The third kappa shape index (κ3) is 2.84. The molecule has 0 N–H and O–H groups in total. The first-order chi connectivity index (χ1) is 8.60. The van der Waals surface area contributed by atoms with Gasteiger partial charge in [0.2, 0.25) is 0 Å². The van der Waals surface area contributed by atoms with Gasteiger partial charge in [-0.25, -0.2) is 0 Å². The van der Waals surface area contributed by atoms with Crippen LogP contribution in [0.25, 0.3) is 0 Å². The lowest BCUT2D eigenvalue weighted by Gasteiger charge is -2.10. The number of rotatable bonds is 2. The number of halogens is 2. The lowest BCUT2D eigenvalue weighted by molar-refractivity contribution is 0.477. The van der Waals surface area contributed by atoms with Gasteiger partial charge in [0.05, 0.1) is 5.56 Å². The Morgan fingerprint density at radius 1 is 1.17 bits per heavy atom. The average Bonchev–Trinajstić information content (AvgIpc) is 2.33. The van der Waals surface area contributed by atoms with Gasteiger partial charge >= 0.3 is 0 Å². The summed E-state index contributed by atoms with van der Waals surface area (Å²) in [5.74, 6) is 1.17. The molecule has 0 saturated heterocycles. The van der Waals surface area contributed by atoms with Crippen LogP contribution in [0.1, 0.15) is 11.1 Å². The van der Waals surface area contributed by atoms with Crippen LogP contribution in [0.2, 0.25) is 5.02 Å². The largest absolute Gasteiger partial charge is 0.456 e. The van der Waals surface area contributed by atoms with Crippen LogP contribution < -0.4 is 4.74 Å². The van der Waals surface area contributed by atoms with Crippen molar-refractivity contribution in [2.24, 2.45) is 0 Å². The summed E-state index contributed by atoms with van der Waals surface area (Å²) in [6, 6.07) is 12.7. The zero-order valence-electron chi connectivity index (χ0n) is 9.58. The molecule has 0 fully saturated rings. The standard InChI is InChI=1S/C14H9BrClNO/c1-9-6-11(15)3-5-13(9)18-14-7-12(16)4-2-10(14)8-17/h2-7H,1H3. The predicted molar refractivity (Wildman–Crippen MR) is 75.1 cm³/mol. The first-order valence-corrected chi connectivity index (χ1v) is 6.41. The molecule has 2 aromatic rings. The van der Waals surface area contributed by atoms with Gasteiger partial charge in [0.1, 0.15) is 17.6 Å². The van der Waals surface area contributed by atoms with E-state index in [1.165, 1.54) is 0 Å². The molecule has 0 aliphatic heterocycles. The van der Waals surface area contributed by atoms with Crippen LogP contribution in [0.15, 0.2) is 40.9 Å². The van der Waals surface area contributed by atoms with Crippen LogP contribution in [-0.4, -0.2) is 0 Å². The molecule has 4 heteroatoms. The Bertz CT molecular complexity index is 634. The number of nitrogens with zero attached hydrogens (tertiary/aromatic N) is 1. The molecule has 0 atom stereocenters. The normalized spacial score (nSPS) is 9.89. The van der Waals surface area contributed by atoms with Gasteiger partial charge in [0, 0.05) is 15.6 Å². The van der Waals surface area contributed by atoms with Gasteiger partial charge in [0.25, 0.3) is 0 Å². The van der Waals surface area contributed by atoms with Crippen LogP contribution >= 0.6 is 27.5 Å². The van der Waals surface area contributed by atoms with E-state index in [0.717, 1.165) is 10.0 Å². The lowest BCUT2D eigenvalue weighted by Crippen LogP contribution is -1.90. The smallest absolute Gasteiger partial charge is 0.146 e. The molecule has 2 nitrogen and oxygen atoms in total. The van der Waals surface area contributed by atoms with Crippen molar-refractivity contribution in [1.29, 1.82) is 5.26 Å². The zero-order chi connectivity index (χ0) is 13.1. The number of aryl methyl sites for hydroxylation is 1. The third-order valence-electron chi connectivity index (χ3n) is 2.42. The minimum absolute atomic E-state index is 0.460. The molecule has 2 aromatic carbocycles. The van der Waals surface area contributed by atoms with E-state index >= 15 is 0 Å². The highest BCUT2D eigenvalue weighted by atomic mass is 79.9. The van der Waals surface area contributed by atoms with Gasteiger partial charge in [-0.3, -0.25) is 0 Å². The van der Waals surface area contributed by atoms with Gasteiger partial charge in [-0.05, 0) is 42.8 Å². The second-order valence-electron chi connectivity index (χ2n) is 3.76. The molecule has 0 radical (unpaired) electrons. The van der Waals surface area contributed by atoms with Crippen molar-refractivity contribution in [3.8, 4) is 17.6 Å². The summed E-state index contributed by atoms with van der Waals surface area (Å²) in [6.45, 7) is 1.94. The fourth-order valence-corrected chi connectivity index (χ4v) is 2.16. The first kappa shape index (κ1) is 12.9. The van der Waals surface area contributed by atoms with E-state index in [-0.39, 0.29) is 0 Å². The number of nitriles is 1. The van der Waals surface area contributed by atoms with Crippen molar-refractivity contribution in [1.82, 2.24) is 0 Å². The lowest BCUT2D eigenvalue weighted by atomic mass is 10.2. The molecule has 0 saturated carbocycles. The topological polar surface area (TPSA) is 33.0 Å². The molecule has 90 valence electrons. The van der Waals surface area contributed by atoms with Gasteiger partial charge in [-0.2, -0.15) is 5.26 Å². The van der Waals surface area contributed by atoms with Crippen molar-refractivity contribution in [3.05, 3.63) is 57.0 Å². The highest BCUT2D eigenvalue weighted by molar-refractivity contribution is 9.10. The molecule has 0 aliphatic rings. The molecule has 0 bridgehead atoms. The Morgan fingerprint density at radius 2 is 1.94 bits per heavy atom. The van der Waals surface area contributed by atoms with Gasteiger partial charge < -0.3 is 4.74 Å². The quantitative estimate of drug-likeness (QED) is 0.773. The molecule has 18 heavy (non-hydrogen) atoms. The Kier molecular flexibility index (Phi) is 3.90. The highest BCUT2D eigenvalue weighted by Crippen LogP contribution is 2.31. The summed E-state index contributed by atoms with van der Waals surface area (Å²) in [5.41, 5.74) is 1.44. The van der Waals surface area contributed by atoms with Gasteiger partial charge in [-0.1, -0.05) is 27.5 Å². The molecular formula is C14H9BrClNO. The molecule has 0 aliphatic carbocycles. The molecule has 2 rings (SSSR count). The van der Waals surface area contributed by atoms with Crippen molar-refractivity contribution in [2.75, 3.05) is 0 Å². The second-order valence-corrected chi connectivity index (χ2v) is 5.12. The summed E-state index contributed by atoms with van der Waals surface area (Å²) in [6.07, 6.45) is 0. The number of ether oxygens (including phenoxy) is 1. The molecule has 0 unspecified atom stereocenters. The van der Waals surface area contributed by atoms with Crippen molar-refractivity contribution < 1.29 is 4.74 Å². The number of hydrogen-bond acceptors (Lipinski definition) is 2. The summed E-state index contributed by atoms with van der Waals surface area (Å²) in [5, 5.41) is 9.56. The first-order valence-electron chi connectivity index (χ1n) is 5.24. The number of hydrogen-bond donors (Lipinski definition) is 0. The predicted octanol–water partition coefficient (Wildman–Crippen LogP) is 5.07. The fraction of sp³-hybridized carbons (Fsp3) is 0.0714. The maximum Gasteiger partial charge on any atom is 0.146 e. The highest BCUT2D eigenvalue weighted by Gasteiger charge is 2.07. The Morgan fingerprint density at radius 3 is 2.61 bits per heavy atom. The SMILES string of the molecule is Cc1cc(Br)ccc1Oc1cc(Cl)ccc1C#N. The second kappa shape index (κ2) is 5.43. The van der Waals surface area contributed by atoms with E-state index in [2.05, 4.69) is 22.0 Å². The van der Waals surface area contributed by atoms with E-state index in [9.17, 15) is 0 Å². The average molecular weight is 323 g/mol. The van der Waals surface area contributed by atoms with E-state index < -0.39 is 0 Å². The van der Waals surface area contributed by atoms with Crippen molar-refractivity contribution in [2.45, 2.75) is 6.92 Å². The van der Waals surface area contributed by atoms with Crippen molar-refractivity contribution >= 4 is 27.5 Å². The van der Waals surface area contributed by atoms with E-state index in [0.29, 0.717) is 22.1 Å². The zero-order valence-corrected chi connectivity index (χ0v) is 11.9. The minimum Gasteiger partial charge on any atom is -0.456 e. The van der Waals surface area contributed by atoms with E-state index in [1.807, 2.05) is 25.1 Å². The summed E-state index contributed by atoms with van der Waals surface area (Å²) in [4.78, 5) is 0. The van der Waals surface area contributed by atoms with Gasteiger partial charge in [-0.15, -0.1) is 0 Å². The summed E-state index contributed by atoms with van der Waals surface area (Å²) < 4.78 is 6.72. The van der Waals surface area contributed by atoms with Crippen LogP contribution in [0.5, 0.6) is 11.5 Å². The maximum absolute atomic E-state index is 9.02. The monoisotopic (exact) mass is 321 g/mol. The van der Waals surface area contributed by atoms with Crippen LogP contribution in [0.4, 0.5) is 0 Å². The van der Waals surface area contributed by atoms with E-state index in [4.69, 9.17) is 21.6 Å². The molecule has 0 aromatic heterocycles. The molecule has 0 heterocycles. The number of benzene rings is 2. The Balaban J connectivity index is 2.40. The van der Waals surface area contributed by atoms with E-state index in [1.54, 1.807) is 18.2 Å². The van der Waals surface area contributed by atoms with Crippen LogP contribution in [-0.2, 0) is 0 Å². The van der Waals surface area contributed by atoms with Crippen molar-refractivity contribution in [3.63, 3.8) is 0 Å². The van der Waals surface area contributed by atoms with Gasteiger partial charge in [0.15, 0.2) is 0 Å². The maximum atomic E-state index is 9.02. The molecular weight excluding hydrogens is 314 g/mol. The minimum atomic E-state index is 0.460. The fourth-order valence-electron chi connectivity index (χ4n) is 1.52. The van der Waals surface area contributed by atoms with Crippen LogP contribution in [0.3, 0.4) is 0 Å². The third-order valence-corrected chi connectivity index (χ3v) is 3.15. The Labute approximate surface area is 119 Å². The molecule has 0 amide bonds.